The van der Waals surface area contributed by atoms with Crippen LogP contribution in [0.4, 0.5) is 5.69 Å². The summed E-state index contributed by atoms with van der Waals surface area (Å²) in [6.45, 7) is 4.82. The van der Waals surface area contributed by atoms with Crippen molar-refractivity contribution in [1.82, 2.24) is 10.2 Å². The van der Waals surface area contributed by atoms with Gasteiger partial charge >= 0.3 is 0 Å². The van der Waals surface area contributed by atoms with Crippen molar-refractivity contribution in [2.75, 3.05) is 17.1 Å². The fraction of sp³-hybridized carbons (Fsp3) is 0.462. The molecule has 2 aromatic rings. The molecule has 0 bridgehead atoms. The molecule has 1 aliphatic rings. The Morgan fingerprint density at radius 2 is 1.64 bits per heavy atom. The van der Waals surface area contributed by atoms with Crippen molar-refractivity contribution in [3.05, 3.63) is 63.1 Å². The largest absolute Gasteiger partial charge is 0.352 e. The van der Waals surface area contributed by atoms with E-state index in [0.29, 0.717) is 21.3 Å². The lowest BCUT2D eigenvalue weighted by Gasteiger charge is -2.33. The highest BCUT2D eigenvalue weighted by Crippen LogP contribution is 2.28. The third kappa shape index (κ3) is 6.72. The van der Waals surface area contributed by atoms with Crippen LogP contribution < -0.4 is 9.62 Å². The molecule has 1 saturated carbocycles. The van der Waals surface area contributed by atoms with Crippen LogP contribution in [0.3, 0.4) is 0 Å². The Labute approximate surface area is 223 Å². The number of nitrogens with zero attached hydrogens (tertiary/aromatic N) is 2. The first-order chi connectivity index (χ1) is 16.9. The SMILES string of the molecule is Cc1cccc(N(CC(=O)N(Cc2c(Cl)cccc2Cl)[C@H](C)C(=O)NC2CCCC2)S(C)(=O)=O)c1C. The molecule has 3 rings (SSSR count). The van der Waals surface area contributed by atoms with Crippen LogP contribution in [0.1, 0.15) is 49.3 Å². The number of rotatable bonds is 9. The summed E-state index contributed by atoms with van der Waals surface area (Å²) in [6.07, 6.45) is 4.97. The number of amides is 2. The van der Waals surface area contributed by atoms with Crippen LogP contribution in [0.5, 0.6) is 0 Å². The Bertz CT molecular complexity index is 1210. The van der Waals surface area contributed by atoms with E-state index in [1.165, 1.54) is 4.90 Å². The number of hydrogen-bond donors (Lipinski definition) is 1. The maximum absolute atomic E-state index is 13.7. The summed E-state index contributed by atoms with van der Waals surface area (Å²) in [5.74, 6) is -0.831. The monoisotopic (exact) mass is 553 g/mol. The fourth-order valence-corrected chi connectivity index (χ4v) is 5.85. The molecule has 0 radical (unpaired) electrons. The highest BCUT2D eigenvalue weighted by Gasteiger charge is 2.32. The summed E-state index contributed by atoms with van der Waals surface area (Å²) < 4.78 is 26.7. The van der Waals surface area contributed by atoms with E-state index in [0.717, 1.165) is 47.4 Å². The molecule has 0 aromatic heterocycles. The third-order valence-electron chi connectivity index (χ3n) is 6.78. The van der Waals surface area contributed by atoms with E-state index >= 15 is 0 Å². The van der Waals surface area contributed by atoms with Gasteiger partial charge in [-0.25, -0.2) is 8.42 Å². The lowest BCUT2D eigenvalue weighted by atomic mass is 10.1. The zero-order valence-electron chi connectivity index (χ0n) is 21.1. The number of anilines is 1. The number of halogens is 2. The molecule has 0 saturated heterocycles. The molecule has 0 aliphatic heterocycles. The minimum absolute atomic E-state index is 0.0407. The van der Waals surface area contributed by atoms with E-state index in [4.69, 9.17) is 23.2 Å². The summed E-state index contributed by atoms with van der Waals surface area (Å²) in [7, 11) is -3.81. The third-order valence-corrected chi connectivity index (χ3v) is 8.62. The molecule has 1 N–H and O–H groups in total. The Balaban J connectivity index is 1.96. The molecule has 0 spiro atoms. The molecule has 1 atom stereocenters. The van der Waals surface area contributed by atoms with Crippen LogP contribution in [0.2, 0.25) is 10.0 Å². The normalized spacial score (nSPS) is 14.9. The van der Waals surface area contributed by atoms with Crippen molar-refractivity contribution in [2.24, 2.45) is 0 Å². The van der Waals surface area contributed by atoms with Crippen LogP contribution in [0, 0.1) is 13.8 Å². The molecule has 2 amide bonds. The number of aryl methyl sites for hydroxylation is 1. The number of nitrogens with one attached hydrogen (secondary N) is 1. The first kappa shape index (κ1) is 28.3. The van der Waals surface area contributed by atoms with Crippen LogP contribution in [-0.2, 0) is 26.2 Å². The first-order valence-corrected chi connectivity index (χ1v) is 14.6. The minimum atomic E-state index is -3.81. The zero-order valence-corrected chi connectivity index (χ0v) is 23.4. The maximum atomic E-state index is 13.7. The van der Waals surface area contributed by atoms with Crippen molar-refractivity contribution in [3.63, 3.8) is 0 Å². The Morgan fingerprint density at radius 3 is 2.22 bits per heavy atom. The van der Waals surface area contributed by atoms with Gasteiger partial charge < -0.3 is 10.2 Å². The van der Waals surface area contributed by atoms with Crippen LogP contribution in [0.15, 0.2) is 36.4 Å². The average Bonchev–Trinajstić information content (AvgIpc) is 3.31. The van der Waals surface area contributed by atoms with Gasteiger partial charge in [0.15, 0.2) is 0 Å². The summed E-state index contributed by atoms with van der Waals surface area (Å²) in [6, 6.07) is 9.52. The molecular weight excluding hydrogens is 521 g/mol. The molecular formula is C26H33Cl2N3O4S. The summed E-state index contributed by atoms with van der Waals surface area (Å²) >= 11 is 12.8. The lowest BCUT2D eigenvalue weighted by molar-refractivity contribution is -0.139. The minimum Gasteiger partial charge on any atom is -0.352 e. The van der Waals surface area contributed by atoms with Crippen molar-refractivity contribution >= 4 is 50.7 Å². The fourth-order valence-electron chi connectivity index (χ4n) is 4.43. The van der Waals surface area contributed by atoms with Gasteiger partial charge in [-0.1, -0.05) is 54.2 Å². The highest BCUT2D eigenvalue weighted by molar-refractivity contribution is 7.92. The van der Waals surface area contributed by atoms with Gasteiger partial charge in [-0.05, 0) is 62.9 Å². The van der Waals surface area contributed by atoms with E-state index in [-0.39, 0.29) is 18.5 Å². The number of sulfonamides is 1. The van der Waals surface area contributed by atoms with Crippen molar-refractivity contribution in [1.29, 1.82) is 0 Å². The summed E-state index contributed by atoms with van der Waals surface area (Å²) in [5.41, 5.74) is 2.57. The van der Waals surface area contributed by atoms with E-state index in [9.17, 15) is 18.0 Å². The molecule has 0 heterocycles. The van der Waals surface area contributed by atoms with E-state index < -0.39 is 28.5 Å². The molecule has 0 unspecified atom stereocenters. The molecule has 1 aliphatic carbocycles. The second kappa shape index (κ2) is 11.8. The molecule has 1 fully saturated rings. The van der Waals surface area contributed by atoms with E-state index in [1.54, 1.807) is 37.3 Å². The van der Waals surface area contributed by atoms with Crippen LogP contribution in [-0.4, -0.2) is 50.0 Å². The summed E-state index contributed by atoms with van der Waals surface area (Å²) in [4.78, 5) is 28.2. The van der Waals surface area contributed by atoms with Crippen LogP contribution in [0.25, 0.3) is 0 Å². The number of hydrogen-bond acceptors (Lipinski definition) is 4. The molecule has 10 heteroatoms. The molecule has 196 valence electrons. The van der Waals surface area contributed by atoms with Gasteiger partial charge in [0.25, 0.3) is 0 Å². The number of carbonyl (C=O) groups is 2. The van der Waals surface area contributed by atoms with E-state index in [1.807, 2.05) is 19.9 Å². The second-order valence-corrected chi connectivity index (χ2v) is 12.1. The zero-order chi connectivity index (χ0) is 26.6. The van der Waals surface area contributed by atoms with Crippen molar-refractivity contribution in [2.45, 2.75) is 65.1 Å². The van der Waals surface area contributed by atoms with E-state index in [2.05, 4.69) is 5.32 Å². The summed E-state index contributed by atoms with van der Waals surface area (Å²) in [5, 5.41) is 3.75. The predicted molar refractivity (Wildman–Crippen MR) is 145 cm³/mol. The van der Waals surface area contributed by atoms with Gasteiger partial charge in [0.2, 0.25) is 21.8 Å². The van der Waals surface area contributed by atoms with Gasteiger partial charge in [-0.3, -0.25) is 13.9 Å². The Kier molecular flexibility index (Phi) is 9.30. The Hall–Kier alpha value is -2.29. The predicted octanol–water partition coefficient (Wildman–Crippen LogP) is 4.85. The van der Waals surface area contributed by atoms with Crippen molar-refractivity contribution in [3.8, 4) is 0 Å². The van der Waals surface area contributed by atoms with Gasteiger partial charge in [0.1, 0.15) is 12.6 Å². The van der Waals surface area contributed by atoms with Gasteiger partial charge in [0.05, 0.1) is 11.9 Å². The topological polar surface area (TPSA) is 86.8 Å². The average molecular weight is 555 g/mol. The van der Waals surface area contributed by atoms with Gasteiger partial charge in [-0.2, -0.15) is 0 Å². The van der Waals surface area contributed by atoms with Crippen LogP contribution >= 0.6 is 23.2 Å². The number of carbonyl (C=O) groups excluding carboxylic acids is 2. The smallest absolute Gasteiger partial charge is 0.244 e. The van der Waals surface area contributed by atoms with Crippen molar-refractivity contribution < 1.29 is 18.0 Å². The molecule has 2 aromatic carbocycles. The molecule has 7 nitrogen and oxygen atoms in total. The van der Waals surface area contributed by atoms with Gasteiger partial charge in [0, 0.05) is 28.2 Å². The second-order valence-electron chi connectivity index (χ2n) is 9.38. The molecule has 36 heavy (non-hydrogen) atoms. The Morgan fingerprint density at radius 1 is 1.06 bits per heavy atom. The quantitative estimate of drug-likeness (QED) is 0.480. The highest BCUT2D eigenvalue weighted by atomic mass is 35.5. The maximum Gasteiger partial charge on any atom is 0.244 e. The lowest BCUT2D eigenvalue weighted by Crippen LogP contribution is -2.52. The number of benzene rings is 2. The van der Waals surface area contributed by atoms with Gasteiger partial charge in [-0.15, -0.1) is 0 Å². The standard InChI is InChI=1S/C26H33Cl2N3O4S/c1-17-9-7-14-24(18(17)2)31(36(4,34)35)16-25(32)30(15-21-22(27)12-8-13-23(21)28)19(3)26(33)29-20-10-5-6-11-20/h7-9,12-14,19-20H,5-6,10-11,15-16H2,1-4H3,(H,29,33)/t19-/m1/s1. The first-order valence-electron chi connectivity index (χ1n) is 12.0.